The number of aromatic amines is 1. The van der Waals surface area contributed by atoms with Gasteiger partial charge in [0.25, 0.3) is 0 Å². The molecular formula is C14H17BrFN5. The maximum Gasteiger partial charge on any atom is 0.245 e. The number of hydrogen-bond acceptors (Lipinski definition) is 4. The van der Waals surface area contributed by atoms with Crippen LogP contribution < -0.4 is 10.6 Å². The van der Waals surface area contributed by atoms with E-state index in [4.69, 9.17) is 5.73 Å². The zero-order valence-corrected chi connectivity index (χ0v) is 13.3. The van der Waals surface area contributed by atoms with Crippen LogP contribution in [0.2, 0.25) is 0 Å². The van der Waals surface area contributed by atoms with Crippen molar-refractivity contribution in [2.24, 2.45) is 11.7 Å². The van der Waals surface area contributed by atoms with Crippen molar-refractivity contribution in [1.82, 2.24) is 15.2 Å². The van der Waals surface area contributed by atoms with Crippen molar-refractivity contribution in [2.45, 2.75) is 19.4 Å². The average molecular weight is 354 g/mol. The number of rotatable bonds is 2. The SMILES string of the molecule is CC1CCN(c2n[nH]c(-c3cc(F)cc(Br)c3)n2)CC1N. The summed E-state index contributed by atoms with van der Waals surface area (Å²) in [5, 5.41) is 7.10. The summed E-state index contributed by atoms with van der Waals surface area (Å²) in [6, 6.07) is 4.77. The molecule has 3 N–H and O–H groups in total. The van der Waals surface area contributed by atoms with E-state index < -0.39 is 0 Å². The Kier molecular flexibility index (Phi) is 3.95. The average Bonchev–Trinajstić information content (AvgIpc) is 2.90. The van der Waals surface area contributed by atoms with Crippen LogP contribution in [0.4, 0.5) is 10.3 Å². The number of nitrogens with one attached hydrogen (secondary N) is 1. The van der Waals surface area contributed by atoms with Crippen LogP contribution in [0, 0.1) is 11.7 Å². The molecule has 5 nitrogen and oxygen atoms in total. The molecule has 1 aliphatic rings. The Labute approximate surface area is 130 Å². The molecule has 1 aromatic heterocycles. The lowest BCUT2D eigenvalue weighted by molar-refractivity contribution is 0.376. The Bertz CT molecular complexity index is 624. The lowest BCUT2D eigenvalue weighted by Crippen LogP contribution is -2.48. The van der Waals surface area contributed by atoms with E-state index in [0.717, 1.165) is 19.5 Å². The molecule has 1 aliphatic heterocycles. The van der Waals surface area contributed by atoms with Gasteiger partial charge in [-0.2, -0.15) is 4.98 Å². The number of benzene rings is 1. The van der Waals surface area contributed by atoms with Gasteiger partial charge in [0.1, 0.15) is 5.82 Å². The Balaban J connectivity index is 1.83. The van der Waals surface area contributed by atoms with Crippen molar-refractivity contribution in [2.75, 3.05) is 18.0 Å². The molecule has 0 saturated carbocycles. The van der Waals surface area contributed by atoms with Crippen molar-refractivity contribution < 1.29 is 4.39 Å². The molecule has 0 bridgehead atoms. The number of anilines is 1. The zero-order valence-electron chi connectivity index (χ0n) is 11.7. The summed E-state index contributed by atoms with van der Waals surface area (Å²) in [5.41, 5.74) is 6.76. The van der Waals surface area contributed by atoms with Crippen molar-refractivity contribution >= 4 is 21.9 Å². The van der Waals surface area contributed by atoms with Crippen LogP contribution >= 0.6 is 15.9 Å². The van der Waals surface area contributed by atoms with Crippen molar-refractivity contribution in [3.05, 3.63) is 28.5 Å². The molecule has 21 heavy (non-hydrogen) atoms. The van der Waals surface area contributed by atoms with E-state index in [1.807, 2.05) is 0 Å². The topological polar surface area (TPSA) is 70.8 Å². The van der Waals surface area contributed by atoms with Crippen molar-refractivity contribution in [1.29, 1.82) is 0 Å². The number of nitrogens with two attached hydrogens (primary N) is 1. The quantitative estimate of drug-likeness (QED) is 0.870. The number of halogens is 2. The van der Waals surface area contributed by atoms with Crippen LogP contribution in [0.15, 0.2) is 22.7 Å². The molecule has 2 atom stereocenters. The molecule has 112 valence electrons. The van der Waals surface area contributed by atoms with Crippen molar-refractivity contribution in [3.8, 4) is 11.4 Å². The summed E-state index contributed by atoms with van der Waals surface area (Å²) in [5.74, 6) is 1.37. The first-order valence-corrected chi connectivity index (χ1v) is 7.71. The number of aromatic nitrogens is 3. The summed E-state index contributed by atoms with van der Waals surface area (Å²) in [6.45, 7) is 3.79. The van der Waals surface area contributed by atoms with Gasteiger partial charge in [0.2, 0.25) is 5.95 Å². The second kappa shape index (κ2) is 5.73. The maximum absolute atomic E-state index is 13.5. The molecule has 7 heteroatoms. The maximum atomic E-state index is 13.5. The Morgan fingerprint density at radius 2 is 2.24 bits per heavy atom. The fourth-order valence-corrected chi connectivity index (χ4v) is 2.96. The predicted octanol–water partition coefficient (Wildman–Crippen LogP) is 2.55. The number of hydrogen-bond donors (Lipinski definition) is 2. The predicted molar refractivity (Wildman–Crippen MR) is 83.4 cm³/mol. The van der Waals surface area contributed by atoms with E-state index in [0.29, 0.717) is 27.7 Å². The summed E-state index contributed by atoms with van der Waals surface area (Å²) in [6.07, 6.45) is 1.02. The Hall–Kier alpha value is -1.47. The molecule has 1 aromatic carbocycles. The second-order valence-corrected chi connectivity index (χ2v) is 6.43. The van der Waals surface area contributed by atoms with Gasteiger partial charge in [-0.05, 0) is 30.5 Å². The van der Waals surface area contributed by atoms with E-state index in [1.165, 1.54) is 12.1 Å². The summed E-state index contributed by atoms with van der Waals surface area (Å²) >= 11 is 3.28. The molecule has 1 saturated heterocycles. The Morgan fingerprint density at radius 1 is 1.43 bits per heavy atom. The van der Waals surface area contributed by atoms with Crippen LogP contribution in [-0.4, -0.2) is 34.3 Å². The van der Waals surface area contributed by atoms with E-state index >= 15 is 0 Å². The molecule has 0 radical (unpaired) electrons. The molecule has 0 aliphatic carbocycles. The van der Waals surface area contributed by atoms with Gasteiger partial charge in [-0.25, -0.2) is 4.39 Å². The summed E-state index contributed by atoms with van der Waals surface area (Å²) in [4.78, 5) is 6.53. The monoisotopic (exact) mass is 353 g/mol. The molecule has 0 spiro atoms. The molecule has 2 heterocycles. The van der Waals surface area contributed by atoms with E-state index in [2.05, 4.69) is 42.9 Å². The zero-order chi connectivity index (χ0) is 15.0. The molecule has 1 fully saturated rings. The van der Waals surface area contributed by atoms with Gasteiger partial charge in [0, 0.05) is 29.2 Å². The third-order valence-electron chi connectivity index (χ3n) is 3.91. The lowest BCUT2D eigenvalue weighted by atomic mass is 9.95. The fourth-order valence-electron chi connectivity index (χ4n) is 2.49. The smallest absolute Gasteiger partial charge is 0.245 e. The number of nitrogens with zero attached hydrogens (tertiary/aromatic N) is 3. The van der Waals surface area contributed by atoms with Gasteiger partial charge < -0.3 is 10.6 Å². The van der Waals surface area contributed by atoms with Crippen LogP contribution in [0.25, 0.3) is 11.4 Å². The van der Waals surface area contributed by atoms with Crippen molar-refractivity contribution in [3.63, 3.8) is 0 Å². The first-order valence-electron chi connectivity index (χ1n) is 6.92. The first-order chi connectivity index (χ1) is 10.0. The normalized spacial score (nSPS) is 22.6. The van der Waals surface area contributed by atoms with Crippen LogP contribution in [0.1, 0.15) is 13.3 Å². The minimum atomic E-state index is -0.314. The third kappa shape index (κ3) is 3.08. The highest BCUT2D eigenvalue weighted by Crippen LogP contribution is 2.25. The van der Waals surface area contributed by atoms with E-state index in [-0.39, 0.29) is 11.9 Å². The third-order valence-corrected chi connectivity index (χ3v) is 4.37. The number of H-pyrrole nitrogens is 1. The van der Waals surface area contributed by atoms with Gasteiger partial charge in [0.05, 0.1) is 0 Å². The van der Waals surface area contributed by atoms with Gasteiger partial charge in [-0.15, -0.1) is 5.10 Å². The van der Waals surface area contributed by atoms with Crippen LogP contribution in [-0.2, 0) is 0 Å². The molecule has 3 rings (SSSR count). The second-order valence-electron chi connectivity index (χ2n) is 5.52. The first kappa shape index (κ1) is 14.5. The minimum absolute atomic E-state index is 0.129. The van der Waals surface area contributed by atoms with Crippen LogP contribution in [0.5, 0.6) is 0 Å². The fraction of sp³-hybridized carbons (Fsp3) is 0.429. The van der Waals surface area contributed by atoms with Gasteiger partial charge in [-0.1, -0.05) is 22.9 Å². The Morgan fingerprint density at radius 3 is 2.95 bits per heavy atom. The van der Waals surface area contributed by atoms with E-state index in [1.54, 1.807) is 6.07 Å². The highest BCUT2D eigenvalue weighted by Gasteiger charge is 2.25. The highest BCUT2D eigenvalue weighted by molar-refractivity contribution is 9.10. The van der Waals surface area contributed by atoms with Gasteiger partial charge in [0.15, 0.2) is 5.82 Å². The minimum Gasteiger partial charge on any atom is -0.338 e. The molecule has 2 unspecified atom stereocenters. The van der Waals surface area contributed by atoms with Gasteiger partial charge in [-0.3, -0.25) is 5.10 Å². The molecular weight excluding hydrogens is 337 g/mol. The van der Waals surface area contributed by atoms with Crippen LogP contribution in [0.3, 0.4) is 0 Å². The molecule has 2 aromatic rings. The largest absolute Gasteiger partial charge is 0.338 e. The summed E-state index contributed by atoms with van der Waals surface area (Å²) < 4.78 is 14.1. The number of piperidine rings is 1. The standard InChI is InChI=1S/C14H17BrFN5/c1-8-2-3-21(7-12(8)17)14-18-13(19-20-14)9-4-10(15)6-11(16)5-9/h4-6,8,12H,2-3,7,17H2,1H3,(H,18,19,20). The lowest BCUT2D eigenvalue weighted by Gasteiger charge is -2.34. The summed E-state index contributed by atoms with van der Waals surface area (Å²) in [7, 11) is 0. The highest BCUT2D eigenvalue weighted by atomic mass is 79.9. The molecule has 0 amide bonds. The van der Waals surface area contributed by atoms with E-state index in [9.17, 15) is 4.39 Å². The van der Waals surface area contributed by atoms with Gasteiger partial charge >= 0.3 is 0 Å².